The first-order valence-electron chi connectivity index (χ1n) is 7.78. The van der Waals surface area contributed by atoms with Gasteiger partial charge in [0.05, 0.1) is 12.7 Å². The summed E-state index contributed by atoms with van der Waals surface area (Å²) in [4.78, 5) is 0. The summed E-state index contributed by atoms with van der Waals surface area (Å²) in [7, 11) is 3.57. The number of ether oxygens (including phenoxy) is 2. The third-order valence-electron chi connectivity index (χ3n) is 4.40. The van der Waals surface area contributed by atoms with Gasteiger partial charge in [-0.2, -0.15) is 0 Å². The van der Waals surface area contributed by atoms with Crippen LogP contribution in [-0.2, 0) is 0 Å². The molecule has 21 heavy (non-hydrogen) atoms. The molecular weight excluding hydrogens is 266 g/mol. The quantitative estimate of drug-likeness (QED) is 0.846. The molecule has 0 aliphatic heterocycles. The lowest BCUT2D eigenvalue weighted by Crippen LogP contribution is -2.38. The average Bonchev–Trinajstić information content (AvgIpc) is 2.52. The number of aliphatic hydroxyl groups is 1. The van der Waals surface area contributed by atoms with Crippen molar-refractivity contribution in [3.8, 4) is 11.5 Å². The van der Waals surface area contributed by atoms with Crippen LogP contribution in [0.2, 0.25) is 0 Å². The standard InChI is InChI=1S/C17H27NO3/c1-13(18-2)15-8-7-14(20-3)11-16(15)21-12-17(19)9-5-4-6-10-17/h7-8,11,13,18-19H,4-6,9-10,12H2,1-3H3. The lowest BCUT2D eigenvalue weighted by molar-refractivity contribution is -0.0342. The fourth-order valence-corrected chi connectivity index (χ4v) is 2.85. The first-order valence-corrected chi connectivity index (χ1v) is 7.78. The van der Waals surface area contributed by atoms with E-state index in [9.17, 15) is 5.11 Å². The predicted octanol–water partition coefficient (Wildman–Crippen LogP) is 3.05. The normalized spacial score (nSPS) is 19.0. The van der Waals surface area contributed by atoms with Crippen molar-refractivity contribution < 1.29 is 14.6 Å². The molecule has 4 nitrogen and oxygen atoms in total. The topological polar surface area (TPSA) is 50.7 Å². The van der Waals surface area contributed by atoms with Crippen LogP contribution >= 0.6 is 0 Å². The van der Waals surface area contributed by atoms with Gasteiger partial charge >= 0.3 is 0 Å². The van der Waals surface area contributed by atoms with Crippen LogP contribution in [0.1, 0.15) is 50.6 Å². The number of hydrogen-bond acceptors (Lipinski definition) is 4. The summed E-state index contributed by atoms with van der Waals surface area (Å²) in [5.74, 6) is 1.56. The van der Waals surface area contributed by atoms with Gasteiger partial charge in [-0.25, -0.2) is 0 Å². The monoisotopic (exact) mass is 293 g/mol. The molecule has 1 fully saturated rings. The molecule has 1 saturated carbocycles. The Kier molecular flexibility index (Phi) is 5.48. The van der Waals surface area contributed by atoms with Crippen molar-refractivity contribution in [2.24, 2.45) is 0 Å². The van der Waals surface area contributed by atoms with Crippen molar-refractivity contribution in [3.63, 3.8) is 0 Å². The maximum atomic E-state index is 10.6. The third kappa shape index (κ3) is 4.11. The molecule has 0 heterocycles. The molecule has 1 aromatic rings. The Morgan fingerprint density at radius 3 is 2.62 bits per heavy atom. The summed E-state index contributed by atoms with van der Waals surface area (Å²) in [6.45, 7) is 2.44. The second kappa shape index (κ2) is 7.14. The Morgan fingerprint density at radius 1 is 1.29 bits per heavy atom. The summed E-state index contributed by atoms with van der Waals surface area (Å²) in [5, 5.41) is 13.8. The summed E-state index contributed by atoms with van der Waals surface area (Å²) in [5.41, 5.74) is 0.402. The summed E-state index contributed by atoms with van der Waals surface area (Å²) < 4.78 is 11.3. The number of methoxy groups -OCH3 is 1. The average molecular weight is 293 g/mol. The highest BCUT2D eigenvalue weighted by Gasteiger charge is 2.30. The SMILES string of the molecule is CNC(C)c1ccc(OC)cc1OCC1(O)CCCCC1. The van der Waals surface area contributed by atoms with E-state index in [0.29, 0.717) is 6.61 Å². The van der Waals surface area contributed by atoms with Gasteiger partial charge in [0.2, 0.25) is 0 Å². The van der Waals surface area contributed by atoms with E-state index in [1.165, 1.54) is 6.42 Å². The molecule has 2 N–H and O–H groups in total. The van der Waals surface area contributed by atoms with E-state index >= 15 is 0 Å². The van der Waals surface area contributed by atoms with Crippen LogP contribution in [0.5, 0.6) is 11.5 Å². The van der Waals surface area contributed by atoms with E-state index in [1.54, 1.807) is 7.11 Å². The fraction of sp³-hybridized carbons (Fsp3) is 0.647. The minimum atomic E-state index is -0.679. The number of hydrogen-bond donors (Lipinski definition) is 2. The molecular formula is C17H27NO3. The van der Waals surface area contributed by atoms with Crippen molar-refractivity contribution in [1.82, 2.24) is 5.32 Å². The Balaban J connectivity index is 2.12. The molecule has 1 aliphatic carbocycles. The molecule has 1 aliphatic rings. The van der Waals surface area contributed by atoms with Crippen LogP contribution in [0, 0.1) is 0 Å². The highest BCUT2D eigenvalue weighted by Crippen LogP contribution is 2.33. The molecule has 118 valence electrons. The van der Waals surface area contributed by atoms with Gasteiger partial charge in [0.15, 0.2) is 0 Å². The zero-order valence-corrected chi connectivity index (χ0v) is 13.3. The van der Waals surface area contributed by atoms with Crippen molar-refractivity contribution in [1.29, 1.82) is 0 Å². The van der Waals surface area contributed by atoms with Crippen molar-refractivity contribution in [2.45, 2.75) is 50.7 Å². The fourth-order valence-electron chi connectivity index (χ4n) is 2.85. The van der Waals surface area contributed by atoms with Crippen molar-refractivity contribution >= 4 is 0 Å². The molecule has 0 radical (unpaired) electrons. The van der Waals surface area contributed by atoms with Crippen LogP contribution < -0.4 is 14.8 Å². The maximum absolute atomic E-state index is 10.6. The molecule has 0 aromatic heterocycles. The number of benzene rings is 1. The second-order valence-electron chi connectivity index (χ2n) is 5.99. The van der Waals surface area contributed by atoms with Gasteiger partial charge < -0.3 is 19.9 Å². The smallest absolute Gasteiger partial charge is 0.127 e. The summed E-state index contributed by atoms with van der Waals surface area (Å²) in [6, 6.07) is 6.04. The zero-order chi connectivity index (χ0) is 15.3. The molecule has 0 spiro atoms. The van der Waals surface area contributed by atoms with Gasteiger partial charge in [0, 0.05) is 17.7 Å². The molecule has 0 amide bonds. The van der Waals surface area contributed by atoms with Gasteiger partial charge in [-0.3, -0.25) is 0 Å². The highest BCUT2D eigenvalue weighted by molar-refractivity contribution is 5.42. The molecule has 0 saturated heterocycles. The van der Waals surface area contributed by atoms with E-state index in [1.807, 2.05) is 25.2 Å². The molecule has 2 rings (SSSR count). The predicted molar refractivity (Wildman–Crippen MR) is 84.0 cm³/mol. The van der Waals surface area contributed by atoms with E-state index in [2.05, 4.69) is 12.2 Å². The van der Waals surface area contributed by atoms with E-state index in [-0.39, 0.29) is 6.04 Å². The maximum Gasteiger partial charge on any atom is 0.127 e. The highest BCUT2D eigenvalue weighted by atomic mass is 16.5. The summed E-state index contributed by atoms with van der Waals surface area (Å²) >= 11 is 0. The first-order chi connectivity index (χ1) is 10.1. The van der Waals surface area contributed by atoms with Crippen molar-refractivity contribution in [3.05, 3.63) is 23.8 Å². The Bertz CT molecular complexity index is 455. The van der Waals surface area contributed by atoms with Crippen molar-refractivity contribution in [2.75, 3.05) is 20.8 Å². The number of nitrogens with one attached hydrogen (secondary N) is 1. The van der Waals surface area contributed by atoms with Crippen LogP contribution in [-0.4, -0.2) is 31.5 Å². The minimum Gasteiger partial charge on any atom is -0.497 e. The largest absolute Gasteiger partial charge is 0.497 e. The lowest BCUT2D eigenvalue weighted by Gasteiger charge is -2.32. The van der Waals surface area contributed by atoms with E-state index in [0.717, 1.165) is 42.7 Å². The van der Waals surface area contributed by atoms with Gasteiger partial charge in [-0.05, 0) is 32.9 Å². The Morgan fingerprint density at radius 2 is 2.00 bits per heavy atom. The Hall–Kier alpha value is -1.26. The summed E-state index contributed by atoms with van der Waals surface area (Å²) in [6.07, 6.45) is 5.03. The lowest BCUT2D eigenvalue weighted by atomic mass is 9.85. The molecule has 0 bridgehead atoms. The molecule has 1 atom stereocenters. The van der Waals surface area contributed by atoms with Gasteiger partial charge in [-0.1, -0.05) is 25.3 Å². The molecule has 4 heteroatoms. The Labute approximate surface area is 127 Å². The van der Waals surface area contributed by atoms with E-state index in [4.69, 9.17) is 9.47 Å². The molecule has 1 unspecified atom stereocenters. The first kappa shape index (κ1) is 16.1. The van der Waals surface area contributed by atoms with Gasteiger partial charge in [0.1, 0.15) is 18.1 Å². The molecule has 1 aromatic carbocycles. The van der Waals surface area contributed by atoms with Crippen LogP contribution in [0.15, 0.2) is 18.2 Å². The second-order valence-corrected chi connectivity index (χ2v) is 5.99. The van der Waals surface area contributed by atoms with E-state index < -0.39 is 5.60 Å². The van der Waals surface area contributed by atoms with Crippen LogP contribution in [0.25, 0.3) is 0 Å². The zero-order valence-electron chi connectivity index (χ0n) is 13.3. The van der Waals surface area contributed by atoms with Gasteiger partial charge in [-0.15, -0.1) is 0 Å². The van der Waals surface area contributed by atoms with Crippen LogP contribution in [0.4, 0.5) is 0 Å². The minimum absolute atomic E-state index is 0.187. The number of rotatable bonds is 6. The van der Waals surface area contributed by atoms with Gasteiger partial charge in [0.25, 0.3) is 0 Å². The third-order valence-corrected chi connectivity index (χ3v) is 4.40. The van der Waals surface area contributed by atoms with Crippen LogP contribution in [0.3, 0.4) is 0 Å².